The Morgan fingerprint density at radius 3 is 0.816 bits per heavy atom. The fourth-order valence-electron chi connectivity index (χ4n) is 4.84. The van der Waals surface area contributed by atoms with E-state index >= 15 is 0 Å². The highest BCUT2D eigenvalue weighted by Gasteiger charge is 2.03. The van der Waals surface area contributed by atoms with Crippen molar-refractivity contribution < 1.29 is 52.2 Å². The number of hydrogen-bond acceptors (Lipinski definition) is 11. The van der Waals surface area contributed by atoms with E-state index in [9.17, 15) is 9.59 Å². The summed E-state index contributed by atoms with van der Waals surface area (Å²) in [6.45, 7) is 11.3. The van der Waals surface area contributed by atoms with Crippen molar-refractivity contribution in [2.75, 3.05) is 106 Å². The Hall–Kier alpha value is -1.34. The molecule has 0 unspecified atom stereocenters. The maximum Gasteiger partial charge on any atom is 0.305 e. The lowest BCUT2D eigenvalue weighted by atomic mass is 10.0. The van der Waals surface area contributed by atoms with Crippen LogP contribution >= 0.6 is 0 Å². The van der Waals surface area contributed by atoms with E-state index in [1.54, 1.807) is 0 Å². The van der Waals surface area contributed by atoms with Gasteiger partial charge in [-0.05, 0) is 12.8 Å². The second-order valence-electron chi connectivity index (χ2n) is 12.2. The summed E-state index contributed by atoms with van der Waals surface area (Å²) >= 11 is 0. The van der Waals surface area contributed by atoms with Crippen LogP contribution in [0, 0.1) is 0 Å². The van der Waals surface area contributed by atoms with Crippen molar-refractivity contribution in [2.45, 2.75) is 129 Å². The van der Waals surface area contributed by atoms with Crippen LogP contribution in [0.2, 0.25) is 0 Å². The van der Waals surface area contributed by atoms with E-state index < -0.39 is 0 Å². The summed E-state index contributed by atoms with van der Waals surface area (Å²) in [7, 11) is 0. The van der Waals surface area contributed by atoms with Crippen molar-refractivity contribution in [3.63, 3.8) is 0 Å². The Bertz CT molecular complexity index is 666. The van der Waals surface area contributed by atoms with Gasteiger partial charge >= 0.3 is 11.9 Å². The van der Waals surface area contributed by atoms with Gasteiger partial charge in [0, 0.05) is 12.8 Å². The monoisotopic (exact) mass is 707 g/mol. The zero-order valence-corrected chi connectivity index (χ0v) is 31.5. The third kappa shape index (κ3) is 42.7. The largest absolute Gasteiger partial charge is 0.463 e. The molecule has 292 valence electrons. The molecule has 0 saturated heterocycles. The normalized spacial score (nSPS) is 11.3. The average molecular weight is 707 g/mol. The Labute approximate surface area is 299 Å². The molecule has 11 nitrogen and oxygen atoms in total. The van der Waals surface area contributed by atoms with Gasteiger partial charge in [-0.1, -0.05) is 104 Å². The summed E-state index contributed by atoms with van der Waals surface area (Å²) in [4.78, 5) is 23.1. The fraction of sp³-hybridized carbons (Fsp3) is 0.947. The van der Waals surface area contributed by atoms with Crippen LogP contribution in [0.4, 0.5) is 0 Å². The Balaban J connectivity index is 3.15. The van der Waals surface area contributed by atoms with Gasteiger partial charge in [0.2, 0.25) is 0 Å². The Morgan fingerprint density at radius 1 is 0.286 bits per heavy atom. The molecule has 0 bridgehead atoms. The van der Waals surface area contributed by atoms with Crippen LogP contribution in [-0.2, 0) is 52.2 Å². The molecular formula is C38H74O11. The number of carbonyl (C=O) groups is 2. The molecule has 0 aromatic heterocycles. The summed E-state index contributed by atoms with van der Waals surface area (Å²) in [5, 5.41) is 0. The molecule has 0 radical (unpaired) electrons. The van der Waals surface area contributed by atoms with E-state index in [1.807, 2.05) is 6.92 Å². The van der Waals surface area contributed by atoms with Crippen molar-refractivity contribution in [3.8, 4) is 0 Å². The third-order valence-corrected chi connectivity index (χ3v) is 7.65. The molecule has 0 saturated carbocycles. The first kappa shape index (κ1) is 47.7. The summed E-state index contributed by atoms with van der Waals surface area (Å²) < 4.78 is 48.4. The van der Waals surface area contributed by atoms with Crippen LogP contribution in [0.15, 0.2) is 0 Å². The van der Waals surface area contributed by atoms with Gasteiger partial charge in [0.25, 0.3) is 0 Å². The smallest absolute Gasteiger partial charge is 0.305 e. The van der Waals surface area contributed by atoms with Gasteiger partial charge in [-0.15, -0.1) is 0 Å². The van der Waals surface area contributed by atoms with Gasteiger partial charge in [-0.25, -0.2) is 0 Å². The van der Waals surface area contributed by atoms with E-state index in [0.29, 0.717) is 105 Å². The summed E-state index contributed by atoms with van der Waals surface area (Å²) in [6.07, 6.45) is 21.4. The van der Waals surface area contributed by atoms with E-state index in [4.69, 9.17) is 42.6 Å². The summed E-state index contributed by atoms with van der Waals surface area (Å²) in [5.41, 5.74) is 0. The Morgan fingerprint density at radius 2 is 0.531 bits per heavy atom. The van der Waals surface area contributed by atoms with Gasteiger partial charge in [-0.3, -0.25) is 9.59 Å². The molecule has 0 atom stereocenters. The predicted octanol–water partition coefficient (Wildman–Crippen LogP) is 7.25. The molecule has 0 amide bonds. The van der Waals surface area contributed by atoms with Gasteiger partial charge in [0.05, 0.1) is 92.5 Å². The molecule has 0 aromatic rings. The molecular weight excluding hydrogens is 632 g/mol. The minimum Gasteiger partial charge on any atom is -0.463 e. The van der Waals surface area contributed by atoms with E-state index in [2.05, 4.69) is 6.92 Å². The van der Waals surface area contributed by atoms with Crippen LogP contribution in [0.3, 0.4) is 0 Å². The number of esters is 2. The summed E-state index contributed by atoms with van der Waals surface area (Å²) in [5.74, 6) is -0.319. The Kier molecular flexibility index (Phi) is 41.7. The maximum atomic E-state index is 11.9. The predicted molar refractivity (Wildman–Crippen MR) is 192 cm³/mol. The van der Waals surface area contributed by atoms with Crippen molar-refractivity contribution in [3.05, 3.63) is 0 Å². The fourth-order valence-corrected chi connectivity index (χ4v) is 4.84. The SMILES string of the molecule is CCCCCCCCCCCCCCCCCC(=O)OCCOCCOCCOCCOCCOCCOCCOCCOC(=O)CCC. The highest BCUT2D eigenvalue weighted by Crippen LogP contribution is 2.13. The molecule has 0 fully saturated rings. The van der Waals surface area contributed by atoms with Crippen LogP contribution in [-0.4, -0.2) is 118 Å². The van der Waals surface area contributed by atoms with Crippen LogP contribution in [0.5, 0.6) is 0 Å². The first-order chi connectivity index (χ1) is 24.2. The standard InChI is InChI=1S/C38H74O11/c1-3-5-6-7-8-9-10-11-12-13-14-15-16-17-18-20-38(40)49-36-34-47-32-30-45-28-26-43-24-22-41-21-23-42-25-27-44-29-31-46-33-35-48-37(39)19-4-2/h3-36H2,1-2H3. The van der Waals surface area contributed by atoms with Crippen LogP contribution in [0.25, 0.3) is 0 Å². The van der Waals surface area contributed by atoms with Gasteiger partial charge in [0.1, 0.15) is 13.2 Å². The number of hydrogen-bond donors (Lipinski definition) is 0. The van der Waals surface area contributed by atoms with Crippen molar-refractivity contribution >= 4 is 11.9 Å². The van der Waals surface area contributed by atoms with E-state index in [0.717, 1.165) is 19.3 Å². The molecule has 0 spiro atoms. The van der Waals surface area contributed by atoms with Crippen LogP contribution in [0.1, 0.15) is 129 Å². The van der Waals surface area contributed by atoms with Crippen molar-refractivity contribution in [1.82, 2.24) is 0 Å². The molecule has 0 aliphatic rings. The van der Waals surface area contributed by atoms with Gasteiger partial charge in [0.15, 0.2) is 0 Å². The lowest BCUT2D eigenvalue weighted by Gasteiger charge is -2.09. The van der Waals surface area contributed by atoms with Crippen LogP contribution < -0.4 is 0 Å². The first-order valence-electron chi connectivity index (χ1n) is 19.6. The van der Waals surface area contributed by atoms with Crippen molar-refractivity contribution in [1.29, 1.82) is 0 Å². The topological polar surface area (TPSA) is 117 Å². The van der Waals surface area contributed by atoms with Gasteiger partial charge < -0.3 is 42.6 Å². The van der Waals surface area contributed by atoms with Crippen molar-refractivity contribution in [2.24, 2.45) is 0 Å². The molecule has 0 N–H and O–H groups in total. The maximum absolute atomic E-state index is 11.9. The zero-order chi connectivity index (χ0) is 35.6. The number of rotatable bonds is 42. The summed E-state index contributed by atoms with van der Waals surface area (Å²) in [6, 6.07) is 0. The van der Waals surface area contributed by atoms with Gasteiger partial charge in [-0.2, -0.15) is 0 Å². The minimum absolute atomic E-state index is 0.132. The second kappa shape index (κ2) is 42.8. The molecule has 49 heavy (non-hydrogen) atoms. The number of carbonyl (C=O) groups excluding carboxylic acids is 2. The average Bonchev–Trinajstić information content (AvgIpc) is 3.10. The third-order valence-electron chi connectivity index (χ3n) is 7.65. The number of ether oxygens (including phenoxy) is 9. The quantitative estimate of drug-likeness (QED) is 0.0472. The highest BCUT2D eigenvalue weighted by molar-refractivity contribution is 5.69. The number of unbranched alkanes of at least 4 members (excludes halogenated alkanes) is 14. The van der Waals surface area contributed by atoms with E-state index in [1.165, 1.54) is 83.5 Å². The molecule has 11 heteroatoms. The molecule has 0 aromatic carbocycles. The lowest BCUT2D eigenvalue weighted by molar-refractivity contribution is -0.146. The lowest BCUT2D eigenvalue weighted by Crippen LogP contribution is -2.15. The van der Waals surface area contributed by atoms with E-state index in [-0.39, 0.29) is 25.2 Å². The first-order valence-corrected chi connectivity index (χ1v) is 19.6. The molecule has 0 aliphatic heterocycles. The second-order valence-corrected chi connectivity index (χ2v) is 12.2. The highest BCUT2D eigenvalue weighted by atomic mass is 16.6. The molecule has 0 rings (SSSR count). The molecule has 0 aliphatic carbocycles. The zero-order valence-electron chi connectivity index (χ0n) is 31.5. The minimum atomic E-state index is -0.188. The molecule has 0 heterocycles.